The van der Waals surface area contributed by atoms with Crippen molar-refractivity contribution in [2.75, 3.05) is 11.9 Å². The summed E-state index contributed by atoms with van der Waals surface area (Å²) >= 11 is 0. The number of amides is 1. The van der Waals surface area contributed by atoms with E-state index in [4.69, 9.17) is 9.47 Å². The molecule has 0 saturated heterocycles. The molecular formula is C21H33NO3. The van der Waals surface area contributed by atoms with Crippen molar-refractivity contribution in [1.29, 1.82) is 0 Å². The van der Waals surface area contributed by atoms with Crippen LogP contribution in [0.25, 0.3) is 0 Å². The maximum absolute atomic E-state index is 12.9. The van der Waals surface area contributed by atoms with Crippen LogP contribution in [-0.4, -0.2) is 24.2 Å². The summed E-state index contributed by atoms with van der Waals surface area (Å²) in [4.78, 5) is 12.9. The minimum Gasteiger partial charge on any atom is -0.490 e. The van der Waals surface area contributed by atoms with Gasteiger partial charge in [0.05, 0.1) is 6.10 Å². The lowest BCUT2D eigenvalue weighted by Crippen LogP contribution is -2.48. The fourth-order valence-electron chi connectivity index (χ4n) is 3.35. The van der Waals surface area contributed by atoms with E-state index in [0.29, 0.717) is 12.5 Å². The Balaban J connectivity index is 2.09. The lowest BCUT2D eigenvalue weighted by molar-refractivity contribution is -0.146. The highest BCUT2D eigenvalue weighted by Gasteiger charge is 2.41. The summed E-state index contributed by atoms with van der Waals surface area (Å²) in [5.74, 6) is 1.52. The molecule has 4 nitrogen and oxygen atoms in total. The number of benzene rings is 1. The van der Waals surface area contributed by atoms with E-state index >= 15 is 0 Å². The molecule has 1 aromatic rings. The van der Waals surface area contributed by atoms with Crippen LogP contribution in [0.15, 0.2) is 18.2 Å². The number of nitrogens with one attached hydrogen (secondary N) is 1. The third-order valence-electron chi connectivity index (χ3n) is 5.25. The van der Waals surface area contributed by atoms with Crippen molar-refractivity contribution in [2.24, 2.45) is 5.92 Å². The molecule has 0 spiro atoms. The molecule has 1 amide bonds. The van der Waals surface area contributed by atoms with Gasteiger partial charge in [-0.1, -0.05) is 13.8 Å². The number of hydrogen-bond acceptors (Lipinski definition) is 3. The highest BCUT2D eigenvalue weighted by Crippen LogP contribution is 2.36. The maximum atomic E-state index is 12.9. The zero-order valence-electron chi connectivity index (χ0n) is 16.4. The molecule has 1 saturated carbocycles. The van der Waals surface area contributed by atoms with Gasteiger partial charge in [-0.05, 0) is 82.6 Å². The van der Waals surface area contributed by atoms with Crippen molar-refractivity contribution in [3.63, 3.8) is 0 Å². The van der Waals surface area contributed by atoms with Gasteiger partial charge in [-0.3, -0.25) is 4.79 Å². The Kier molecular flexibility index (Phi) is 6.88. The summed E-state index contributed by atoms with van der Waals surface area (Å²) in [6, 6.07) is 5.82. The van der Waals surface area contributed by atoms with E-state index in [1.54, 1.807) is 0 Å². The maximum Gasteiger partial charge on any atom is 0.256 e. The van der Waals surface area contributed by atoms with Crippen molar-refractivity contribution >= 4 is 11.6 Å². The summed E-state index contributed by atoms with van der Waals surface area (Å²) in [5.41, 5.74) is 1.15. The molecule has 0 heterocycles. The molecule has 1 fully saturated rings. The highest BCUT2D eigenvalue weighted by atomic mass is 16.5. The quantitative estimate of drug-likeness (QED) is 0.747. The number of anilines is 1. The summed E-state index contributed by atoms with van der Waals surface area (Å²) in [6.45, 7) is 10.9. The van der Waals surface area contributed by atoms with E-state index < -0.39 is 5.60 Å². The molecule has 25 heavy (non-hydrogen) atoms. The molecule has 1 atom stereocenters. The SMILES string of the molecule is CCOC1(C(=O)Nc2ccc(O[C@@H](C)CC)c(C)c2)CCC(C)CC1. The van der Waals surface area contributed by atoms with Crippen LogP contribution in [0.5, 0.6) is 5.75 Å². The summed E-state index contributed by atoms with van der Waals surface area (Å²) < 4.78 is 11.8. The minimum atomic E-state index is -0.680. The van der Waals surface area contributed by atoms with Crippen LogP contribution in [0, 0.1) is 12.8 Å². The molecule has 0 unspecified atom stereocenters. The van der Waals surface area contributed by atoms with Crippen LogP contribution < -0.4 is 10.1 Å². The molecule has 1 aliphatic rings. The molecule has 4 heteroatoms. The van der Waals surface area contributed by atoms with Crippen molar-refractivity contribution in [3.8, 4) is 5.75 Å². The first kappa shape index (κ1) is 19.8. The average Bonchev–Trinajstić information content (AvgIpc) is 2.59. The Bertz CT molecular complexity index is 577. The fourth-order valence-corrected chi connectivity index (χ4v) is 3.35. The molecule has 140 valence electrons. The second kappa shape index (κ2) is 8.70. The van der Waals surface area contributed by atoms with Crippen molar-refractivity contribution < 1.29 is 14.3 Å². The Morgan fingerprint density at radius 3 is 2.56 bits per heavy atom. The van der Waals surface area contributed by atoms with Gasteiger partial charge in [0.1, 0.15) is 11.4 Å². The van der Waals surface area contributed by atoms with Crippen LogP contribution in [-0.2, 0) is 9.53 Å². The van der Waals surface area contributed by atoms with Gasteiger partial charge in [0.2, 0.25) is 0 Å². The van der Waals surface area contributed by atoms with Crippen LogP contribution >= 0.6 is 0 Å². The Labute approximate surface area is 152 Å². The van der Waals surface area contributed by atoms with Crippen molar-refractivity contribution in [3.05, 3.63) is 23.8 Å². The van der Waals surface area contributed by atoms with E-state index in [0.717, 1.165) is 49.1 Å². The third-order valence-corrected chi connectivity index (χ3v) is 5.25. The first-order chi connectivity index (χ1) is 11.9. The summed E-state index contributed by atoms with van der Waals surface area (Å²) in [7, 11) is 0. The number of aryl methyl sites for hydroxylation is 1. The summed E-state index contributed by atoms with van der Waals surface area (Å²) in [6.07, 6.45) is 4.81. The van der Waals surface area contributed by atoms with E-state index in [9.17, 15) is 4.79 Å². The summed E-state index contributed by atoms with van der Waals surface area (Å²) in [5, 5.41) is 3.07. The monoisotopic (exact) mass is 347 g/mol. The van der Waals surface area contributed by atoms with Crippen molar-refractivity contribution in [2.45, 2.75) is 78.4 Å². The first-order valence-electron chi connectivity index (χ1n) is 9.63. The predicted molar refractivity (Wildman–Crippen MR) is 102 cm³/mol. The molecule has 0 radical (unpaired) electrons. The zero-order valence-corrected chi connectivity index (χ0v) is 16.4. The zero-order chi connectivity index (χ0) is 18.4. The van der Waals surface area contributed by atoms with Gasteiger partial charge < -0.3 is 14.8 Å². The van der Waals surface area contributed by atoms with Gasteiger partial charge in [-0.25, -0.2) is 0 Å². The molecule has 2 rings (SSSR count). The second-order valence-corrected chi connectivity index (χ2v) is 7.38. The topological polar surface area (TPSA) is 47.6 Å². The number of rotatable bonds is 7. The lowest BCUT2D eigenvalue weighted by atomic mass is 9.78. The number of carbonyl (C=O) groups is 1. The van der Waals surface area contributed by atoms with Gasteiger partial charge in [0.15, 0.2) is 0 Å². The van der Waals surface area contributed by atoms with Crippen LogP contribution in [0.4, 0.5) is 5.69 Å². The van der Waals surface area contributed by atoms with Gasteiger partial charge in [0, 0.05) is 12.3 Å². The van der Waals surface area contributed by atoms with Crippen LogP contribution in [0.1, 0.15) is 65.4 Å². The molecular weight excluding hydrogens is 314 g/mol. The standard InChI is InChI=1S/C21H33NO3/c1-6-17(5)25-19-9-8-18(14-16(19)4)22-20(23)21(24-7-2)12-10-15(3)11-13-21/h8-9,14-15,17H,6-7,10-13H2,1-5H3,(H,22,23)/t15?,17-,21?/m0/s1. The normalized spacial score (nSPS) is 24.6. The lowest BCUT2D eigenvalue weighted by Gasteiger charge is -2.37. The highest BCUT2D eigenvalue weighted by molar-refractivity contribution is 5.97. The first-order valence-corrected chi connectivity index (χ1v) is 9.63. The van der Waals surface area contributed by atoms with Gasteiger partial charge >= 0.3 is 0 Å². The van der Waals surface area contributed by atoms with E-state index in [-0.39, 0.29) is 12.0 Å². The Morgan fingerprint density at radius 2 is 2.00 bits per heavy atom. The molecule has 0 bridgehead atoms. The third kappa shape index (κ3) is 4.97. The second-order valence-electron chi connectivity index (χ2n) is 7.38. The van der Waals surface area contributed by atoms with E-state index in [2.05, 4.69) is 26.1 Å². The predicted octanol–water partition coefficient (Wildman–Crippen LogP) is 5.10. The van der Waals surface area contributed by atoms with Gasteiger partial charge in [-0.15, -0.1) is 0 Å². The molecule has 1 N–H and O–H groups in total. The van der Waals surface area contributed by atoms with Gasteiger partial charge in [0.25, 0.3) is 5.91 Å². The number of ether oxygens (including phenoxy) is 2. The Morgan fingerprint density at radius 1 is 1.32 bits per heavy atom. The van der Waals surface area contributed by atoms with Crippen LogP contribution in [0.3, 0.4) is 0 Å². The van der Waals surface area contributed by atoms with Crippen LogP contribution in [0.2, 0.25) is 0 Å². The molecule has 0 aromatic heterocycles. The number of hydrogen-bond donors (Lipinski definition) is 1. The average molecular weight is 347 g/mol. The number of carbonyl (C=O) groups excluding carboxylic acids is 1. The fraction of sp³-hybridized carbons (Fsp3) is 0.667. The largest absolute Gasteiger partial charge is 0.490 e. The molecule has 0 aliphatic heterocycles. The smallest absolute Gasteiger partial charge is 0.256 e. The van der Waals surface area contributed by atoms with Crippen molar-refractivity contribution in [1.82, 2.24) is 0 Å². The Hall–Kier alpha value is -1.55. The molecule has 1 aliphatic carbocycles. The molecule has 1 aromatic carbocycles. The van der Waals surface area contributed by atoms with Gasteiger partial charge in [-0.2, -0.15) is 0 Å². The van der Waals surface area contributed by atoms with E-state index in [1.807, 2.05) is 32.0 Å². The van der Waals surface area contributed by atoms with E-state index in [1.165, 1.54) is 0 Å². The minimum absolute atomic E-state index is 0.0174.